The van der Waals surface area contributed by atoms with Gasteiger partial charge in [0.2, 0.25) is 0 Å². The Morgan fingerprint density at radius 2 is 2.42 bits per heavy atom. The van der Waals surface area contributed by atoms with E-state index in [4.69, 9.17) is 5.73 Å². The Morgan fingerprint density at radius 1 is 1.67 bits per heavy atom. The average Bonchev–Trinajstić information content (AvgIpc) is 2.04. The molecule has 0 aromatic rings. The highest BCUT2D eigenvalue weighted by Crippen LogP contribution is 2.08. The molecule has 0 fully saturated rings. The van der Waals surface area contributed by atoms with E-state index < -0.39 is 0 Å². The lowest BCUT2D eigenvalue weighted by Crippen LogP contribution is -2.39. The van der Waals surface area contributed by atoms with E-state index in [0.717, 1.165) is 19.5 Å². The van der Waals surface area contributed by atoms with Crippen LogP contribution in [0.2, 0.25) is 0 Å². The molecule has 1 heterocycles. The van der Waals surface area contributed by atoms with Crippen molar-refractivity contribution >= 4 is 0 Å². The Bertz CT molecular complexity index is 163. The molecule has 1 aliphatic rings. The molecule has 0 aromatic carbocycles. The van der Waals surface area contributed by atoms with Gasteiger partial charge in [0.05, 0.1) is 0 Å². The zero-order valence-corrected chi connectivity index (χ0v) is 8.21. The minimum absolute atomic E-state index is 0.357. The van der Waals surface area contributed by atoms with E-state index in [2.05, 4.69) is 24.8 Å². The van der Waals surface area contributed by atoms with Gasteiger partial charge in [-0.2, -0.15) is 0 Å². The third-order valence-corrected chi connectivity index (χ3v) is 2.43. The number of nitrogens with two attached hydrogens (primary N) is 1. The molecule has 1 rings (SSSR count). The Labute approximate surface area is 75.4 Å². The molecule has 0 aromatic heterocycles. The third-order valence-electron chi connectivity index (χ3n) is 2.43. The highest BCUT2D eigenvalue weighted by molar-refractivity contribution is 5.04. The minimum atomic E-state index is 0.357. The molecule has 0 bridgehead atoms. The fourth-order valence-corrected chi connectivity index (χ4v) is 1.61. The lowest BCUT2D eigenvalue weighted by atomic mass is 10.1. The molecule has 0 saturated carbocycles. The fraction of sp³-hybridized carbons (Fsp3) is 0.800. The maximum atomic E-state index is 5.89. The molecule has 1 aliphatic heterocycles. The van der Waals surface area contributed by atoms with Crippen LogP contribution in [-0.2, 0) is 0 Å². The molecule has 12 heavy (non-hydrogen) atoms. The second-order valence-corrected chi connectivity index (χ2v) is 3.74. The second kappa shape index (κ2) is 4.63. The molecule has 0 amide bonds. The maximum Gasteiger partial charge on any atom is 0.0190 e. The second-order valence-electron chi connectivity index (χ2n) is 3.74. The van der Waals surface area contributed by atoms with Gasteiger partial charge < -0.3 is 5.73 Å². The van der Waals surface area contributed by atoms with Crippen LogP contribution in [-0.4, -0.2) is 30.6 Å². The SMILES string of the molecule is CCC(N)CN1CCC=C(C)C1. The van der Waals surface area contributed by atoms with Crippen molar-refractivity contribution in [1.29, 1.82) is 0 Å². The smallest absolute Gasteiger partial charge is 0.0190 e. The third kappa shape index (κ3) is 2.95. The number of nitrogens with zero attached hydrogens (tertiary/aromatic N) is 1. The van der Waals surface area contributed by atoms with Crippen LogP contribution in [0.1, 0.15) is 26.7 Å². The fourth-order valence-electron chi connectivity index (χ4n) is 1.61. The van der Waals surface area contributed by atoms with Gasteiger partial charge in [-0.25, -0.2) is 0 Å². The van der Waals surface area contributed by atoms with Gasteiger partial charge in [0, 0.05) is 25.7 Å². The Morgan fingerprint density at radius 3 is 3.00 bits per heavy atom. The van der Waals surface area contributed by atoms with Gasteiger partial charge in [-0.1, -0.05) is 18.6 Å². The average molecular weight is 168 g/mol. The van der Waals surface area contributed by atoms with Crippen molar-refractivity contribution in [3.8, 4) is 0 Å². The van der Waals surface area contributed by atoms with Crippen LogP contribution < -0.4 is 5.73 Å². The van der Waals surface area contributed by atoms with Crippen LogP contribution in [0.3, 0.4) is 0 Å². The summed E-state index contributed by atoms with van der Waals surface area (Å²) in [5.74, 6) is 0. The van der Waals surface area contributed by atoms with E-state index in [1.807, 2.05) is 0 Å². The van der Waals surface area contributed by atoms with Crippen molar-refractivity contribution in [2.45, 2.75) is 32.7 Å². The van der Waals surface area contributed by atoms with Gasteiger partial charge in [-0.3, -0.25) is 4.90 Å². The van der Waals surface area contributed by atoms with Crippen LogP contribution in [0, 0.1) is 0 Å². The van der Waals surface area contributed by atoms with Gasteiger partial charge in [-0.05, 0) is 19.8 Å². The summed E-state index contributed by atoms with van der Waals surface area (Å²) in [7, 11) is 0. The first-order valence-electron chi connectivity index (χ1n) is 4.86. The summed E-state index contributed by atoms with van der Waals surface area (Å²) in [6.07, 6.45) is 4.61. The molecule has 1 atom stereocenters. The molecule has 2 N–H and O–H groups in total. The molecule has 0 aliphatic carbocycles. The van der Waals surface area contributed by atoms with E-state index in [1.165, 1.54) is 18.5 Å². The van der Waals surface area contributed by atoms with Crippen LogP contribution >= 0.6 is 0 Å². The van der Waals surface area contributed by atoms with E-state index in [9.17, 15) is 0 Å². The number of rotatable bonds is 3. The Kier molecular flexibility index (Phi) is 3.76. The van der Waals surface area contributed by atoms with Crippen molar-refractivity contribution in [1.82, 2.24) is 4.90 Å². The highest BCUT2D eigenvalue weighted by atomic mass is 15.1. The van der Waals surface area contributed by atoms with Gasteiger partial charge >= 0.3 is 0 Å². The van der Waals surface area contributed by atoms with Gasteiger partial charge in [0.25, 0.3) is 0 Å². The van der Waals surface area contributed by atoms with Crippen molar-refractivity contribution in [2.24, 2.45) is 5.73 Å². The first kappa shape index (κ1) is 9.75. The summed E-state index contributed by atoms with van der Waals surface area (Å²) >= 11 is 0. The van der Waals surface area contributed by atoms with E-state index in [1.54, 1.807) is 0 Å². The lowest BCUT2D eigenvalue weighted by Gasteiger charge is -2.28. The first-order valence-corrected chi connectivity index (χ1v) is 4.86. The molecule has 0 radical (unpaired) electrons. The summed E-state index contributed by atoms with van der Waals surface area (Å²) in [5, 5.41) is 0. The quantitative estimate of drug-likeness (QED) is 0.645. The van der Waals surface area contributed by atoms with Crippen molar-refractivity contribution in [3.63, 3.8) is 0 Å². The monoisotopic (exact) mass is 168 g/mol. The summed E-state index contributed by atoms with van der Waals surface area (Å²) < 4.78 is 0. The van der Waals surface area contributed by atoms with Crippen LogP contribution in [0.25, 0.3) is 0 Å². The Balaban J connectivity index is 2.30. The predicted octanol–water partition coefficient (Wildman–Crippen LogP) is 1.38. The zero-order chi connectivity index (χ0) is 8.97. The highest BCUT2D eigenvalue weighted by Gasteiger charge is 2.11. The lowest BCUT2D eigenvalue weighted by molar-refractivity contribution is 0.269. The number of hydrogen-bond donors (Lipinski definition) is 1. The van der Waals surface area contributed by atoms with Crippen LogP contribution in [0.4, 0.5) is 0 Å². The summed E-state index contributed by atoms with van der Waals surface area (Å²) in [4.78, 5) is 2.45. The largest absolute Gasteiger partial charge is 0.327 e. The van der Waals surface area contributed by atoms with Crippen LogP contribution in [0.5, 0.6) is 0 Å². The van der Waals surface area contributed by atoms with Crippen molar-refractivity contribution < 1.29 is 0 Å². The van der Waals surface area contributed by atoms with Crippen molar-refractivity contribution in [2.75, 3.05) is 19.6 Å². The molecule has 2 nitrogen and oxygen atoms in total. The van der Waals surface area contributed by atoms with Gasteiger partial charge in [-0.15, -0.1) is 0 Å². The molecular weight excluding hydrogens is 148 g/mol. The van der Waals surface area contributed by atoms with Gasteiger partial charge in [0.1, 0.15) is 0 Å². The number of hydrogen-bond acceptors (Lipinski definition) is 2. The van der Waals surface area contributed by atoms with E-state index in [0.29, 0.717) is 6.04 Å². The molecular formula is C10H20N2. The molecule has 70 valence electrons. The summed E-state index contributed by atoms with van der Waals surface area (Å²) in [6, 6.07) is 0.357. The van der Waals surface area contributed by atoms with Crippen molar-refractivity contribution in [3.05, 3.63) is 11.6 Å². The van der Waals surface area contributed by atoms with Gasteiger partial charge in [0.15, 0.2) is 0 Å². The Hall–Kier alpha value is -0.340. The predicted molar refractivity (Wildman–Crippen MR) is 53.1 cm³/mol. The summed E-state index contributed by atoms with van der Waals surface area (Å²) in [6.45, 7) is 7.71. The van der Waals surface area contributed by atoms with E-state index in [-0.39, 0.29) is 0 Å². The maximum absolute atomic E-state index is 5.89. The summed E-state index contributed by atoms with van der Waals surface area (Å²) in [5.41, 5.74) is 7.38. The normalized spacial score (nSPS) is 22.1. The first-order chi connectivity index (χ1) is 5.72. The minimum Gasteiger partial charge on any atom is -0.327 e. The van der Waals surface area contributed by atoms with Crippen LogP contribution in [0.15, 0.2) is 11.6 Å². The molecule has 0 saturated heterocycles. The zero-order valence-electron chi connectivity index (χ0n) is 8.21. The topological polar surface area (TPSA) is 29.3 Å². The van der Waals surface area contributed by atoms with E-state index >= 15 is 0 Å². The standard InChI is InChI=1S/C10H20N2/c1-3-10(11)8-12-6-4-5-9(2)7-12/h5,10H,3-4,6-8,11H2,1-2H3. The molecule has 2 heteroatoms. The molecule has 1 unspecified atom stereocenters. The molecule has 0 spiro atoms.